The van der Waals surface area contributed by atoms with E-state index in [0.29, 0.717) is 17.9 Å². The normalized spacial score (nSPS) is 29.0. The molecule has 5 N–H and O–H groups in total. The predicted octanol–water partition coefficient (Wildman–Crippen LogP) is 1.06. The molecule has 1 aromatic rings. The Kier molecular flexibility index (Phi) is 7.35. The van der Waals surface area contributed by atoms with Crippen molar-refractivity contribution >= 4 is 11.8 Å². The van der Waals surface area contributed by atoms with E-state index in [2.05, 4.69) is 51.6 Å². The lowest BCUT2D eigenvalue weighted by Gasteiger charge is -2.48. The van der Waals surface area contributed by atoms with Crippen molar-refractivity contribution in [2.45, 2.75) is 68.1 Å². The summed E-state index contributed by atoms with van der Waals surface area (Å²) in [6.45, 7) is 9.97. The van der Waals surface area contributed by atoms with Crippen molar-refractivity contribution in [3.63, 3.8) is 0 Å². The van der Waals surface area contributed by atoms with Crippen molar-refractivity contribution in [1.82, 2.24) is 4.90 Å². The van der Waals surface area contributed by atoms with Crippen LogP contribution >= 0.6 is 11.8 Å². The van der Waals surface area contributed by atoms with Crippen LogP contribution in [0.4, 0.5) is 0 Å². The molecule has 6 nitrogen and oxygen atoms in total. The van der Waals surface area contributed by atoms with Crippen LogP contribution in [0, 0.1) is 0 Å². The zero-order chi connectivity index (χ0) is 20.4. The zero-order valence-electron chi connectivity index (χ0n) is 16.1. The van der Waals surface area contributed by atoms with Crippen molar-refractivity contribution < 1.29 is 25.5 Å². The number of nitrogens with zero attached hydrogens (tertiary/aromatic N) is 1. The van der Waals surface area contributed by atoms with Crippen LogP contribution in [-0.2, 0) is 5.41 Å². The summed E-state index contributed by atoms with van der Waals surface area (Å²) in [4.78, 5) is 2.43. The number of piperidine rings is 1. The standard InChI is InChI=1S/C20H31NO5S/c1-12(21-15(11-22)16(23)17(24)18(25)19(21)26)9-10-27-14-7-5-13(6-8-14)20(2,3)4/h5-8,15-19,22-26H,1,9-11H2,2-4H3/t15-,16-,17+,18-,19?/m1/s1. The van der Waals surface area contributed by atoms with Crippen molar-refractivity contribution in [2.75, 3.05) is 12.4 Å². The van der Waals surface area contributed by atoms with Gasteiger partial charge in [-0.3, -0.25) is 0 Å². The number of rotatable bonds is 6. The minimum atomic E-state index is -1.53. The molecule has 27 heavy (non-hydrogen) atoms. The van der Waals surface area contributed by atoms with Gasteiger partial charge in [-0.2, -0.15) is 0 Å². The molecule has 1 fully saturated rings. The summed E-state index contributed by atoms with van der Waals surface area (Å²) in [7, 11) is 0. The van der Waals surface area contributed by atoms with E-state index in [1.807, 2.05) is 0 Å². The third-order valence-corrected chi connectivity index (χ3v) is 5.99. The molecule has 7 heteroatoms. The molecule has 5 atom stereocenters. The molecule has 0 aromatic heterocycles. The molecular weight excluding hydrogens is 366 g/mol. The molecule has 1 aliphatic heterocycles. The monoisotopic (exact) mass is 397 g/mol. The molecule has 152 valence electrons. The largest absolute Gasteiger partial charge is 0.394 e. The quantitative estimate of drug-likeness (QED) is 0.457. The van der Waals surface area contributed by atoms with Gasteiger partial charge in [0.05, 0.1) is 12.6 Å². The van der Waals surface area contributed by atoms with Gasteiger partial charge >= 0.3 is 0 Å². The SMILES string of the molecule is C=C(CCSc1ccc(C(C)(C)C)cc1)N1C(O)[C@H](O)[C@@H](O)[C@H](O)[C@H]1CO. The highest BCUT2D eigenvalue weighted by Gasteiger charge is 2.47. The second kappa shape index (κ2) is 8.94. The summed E-state index contributed by atoms with van der Waals surface area (Å²) in [6, 6.07) is 7.46. The predicted molar refractivity (Wildman–Crippen MR) is 106 cm³/mol. The number of hydrogen-bond donors (Lipinski definition) is 5. The molecule has 1 unspecified atom stereocenters. The van der Waals surface area contributed by atoms with Crippen LogP contribution in [0.2, 0.25) is 0 Å². The Balaban J connectivity index is 1.96. The highest BCUT2D eigenvalue weighted by atomic mass is 32.2. The average Bonchev–Trinajstić information content (AvgIpc) is 2.62. The van der Waals surface area contributed by atoms with Gasteiger partial charge in [0.15, 0.2) is 6.23 Å². The third-order valence-electron chi connectivity index (χ3n) is 4.97. The van der Waals surface area contributed by atoms with E-state index in [4.69, 9.17) is 0 Å². The lowest BCUT2D eigenvalue weighted by atomic mass is 9.87. The zero-order valence-corrected chi connectivity index (χ0v) is 16.9. The Morgan fingerprint density at radius 3 is 2.15 bits per heavy atom. The highest BCUT2D eigenvalue weighted by molar-refractivity contribution is 7.99. The average molecular weight is 398 g/mol. The van der Waals surface area contributed by atoms with Crippen LogP contribution in [-0.4, -0.2) is 73.4 Å². The Morgan fingerprint density at radius 1 is 1.04 bits per heavy atom. The molecule has 0 amide bonds. The minimum Gasteiger partial charge on any atom is -0.394 e. The van der Waals surface area contributed by atoms with Crippen molar-refractivity contribution in [3.05, 3.63) is 42.1 Å². The summed E-state index contributed by atoms with van der Waals surface area (Å²) >= 11 is 1.64. The number of hydrogen-bond acceptors (Lipinski definition) is 7. The summed E-state index contributed by atoms with van der Waals surface area (Å²) in [6.07, 6.45) is -5.35. The fraction of sp³-hybridized carbons (Fsp3) is 0.600. The molecule has 2 rings (SSSR count). The maximum atomic E-state index is 10.2. The van der Waals surface area contributed by atoms with Gasteiger partial charge in [0.1, 0.15) is 18.3 Å². The second-order valence-electron chi connectivity index (χ2n) is 7.98. The van der Waals surface area contributed by atoms with Crippen molar-refractivity contribution in [1.29, 1.82) is 0 Å². The molecule has 0 saturated carbocycles. The Bertz CT molecular complexity index is 630. The molecule has 1 saturated heterocycles. The number of benzene rings is 1. The van der Waals surface area contributed by atoms with Crippen LogP contribution in [0.1, 0.15) is 32.8 Å². The Labute approximate surface area is 165 Å². The number of thioether (sulfide) groups is 1. The van der Waals surface area contributed by atoms with E-state index in [9.17, 15) is 25.5 Å². The van der Waals surface area contributed by atoms with E-state index < -0.39 is 37.2 Å². The molecule has 0 aliphatic carbocycles. The van der Waals surface area contributed by atoms with Gasteiger partial charge < -0.3 is 30.4 Å². The maximum Gasteiger partial charge on any atom is 0.156 e. The third kappa shape index (κ3) is 5.04. The first-order valence-corrected chi connectivity index (χ1v) is 10.1. The van der Waals surface area contributed by atoms with E-state index in [1.165, 1.54) is 10.5 Å². The van der Waals surface area contributed by atoms with Gasteiger partial charge in [-0.25, -0.2) is 0 Å². The first-order chi connectivity index (χ1) is 12.6. The van der Waals surface area contributed by atoms with Gasteiger partial charge in [-0.15, -0.1) is 11.8 Å². The molecule has 1 aliphatic rings. The first-order valence-electron chi connectivity index (χ1n) is 9.10. The summed E-state index contributed by atoms with van der Waals surface area (Å²) < 4.78 is 0. The molecule has 1 aromatic carbocycles. The molecule has 0 spiro atoms. The number of aliphatic hydroxyl groups is 5. The molecule has 0 radical (unpaired) electrons. The van der Waals surface area contributed by atoms with Crippen LogP contribution in [0.5, 0.6) is 0 Å². The van der Waals surface area contributed by atoms with Crippen LogP contribution in [0.3, 0.4) is 0 Å². The highest BCUT2D eigenvalue weighted by Crippen LogP contribution is 2.30. The number of allylic oxidation sites excluding steroid dienone is 1. The van der Waals surface area contributed by atoms with Crippen LogP contribution in [0.25, 0.3) is 0 Å². The second-order valence-corrected chi connectivity index (χ2v) is 9.15. The summed E-state index contributed by atoms with van der Waals surface area (Å²) in [5, 5.41) is 49.6. The van der Waals surface area contributed by atoms with Crippen molar-refractivity contribution in [3.8, 4) is 0 Å². The van der Waals surface area contributed by atoms with E-state index >= 15 is 0 Å². The number of likely N-dealkylation sites (tertiary alicyclic amines) is 1. The fourth-order valence-corrected chi connectivity index (χ4v) is 4.12. The van der Waals surface area contributed by atoms with E-state index in [-0.39, 0.29) is 5.41 Å². The van der Waals surface area contributed by atoms with E-state index in [0.717, 1.165) is 4.90 Å². The van der Waals surface area contributed by atoms with Gasteiger partial charge in [0, 0.05) is 16.3 Å². The molecule has 1 heterocycles. The maximum absolute atomic E-state index is 10.2. The Hall–Kier alpha value is -1.09. The van der Waals surface area contributed by atoms with Gasteiger partial charge in [-0.05, 0) is 29.5 Å². The lowest BCUT2D eigenvalue weighted by molar-refractivity contribution is -0.212. The molecule has 0 bridgehead atoms. The van der Waals surface area contributed by atoms with E-state index in [1.54, 1.807) is 11.8 Å². The topological polar surface area (TPSA) is 104 Å². The van der Waals surface area contributed by atoms with Gasteiger partial charge in [0.25, 0.3) is 0 Å². The molecular formula is C20H31NO5S. The first kappa shape index (κ1) is 22.2. The van der Waals surface area contributed by atoms with Crippen molar-refractivity contribution in [2.24, 2.45) is 0 Å². The van der Waals surface area contributed by atoms with Gasteiger partial charge in [0.2, 0.25) is 0 Å². The Morgan fingerprint density at radius 2 is 1.63 bits per heavy atom. The fourth-order valence-electron chi connectivity index (χ4n) is 3.22. The van der Waals surface area contributed by atoms with Crippen LogP contribution < -0.4 is 0 Å². The number of aliphatic hydroxyl groups excluding tert-OH is 5. The smallest absolute Gasteiger partial charge is 0.156 e. The summed E-state index contributed by atoms with van der Waals surface area (Å²) in [5.41, 5.74) is 1.86. The summed E-state index contributed by atoms with van der Waals surface area (Å²) in [5.74, 6) is 0.684. The van der Waals surface area contributed by atoms with Crippen LogP contribution in [0.15, 0.2) is 41.4 Å². The van der Waals surface area contributed by atoms with Gasteiger partial charge in [-0.1, -0.05) is 39.5 Å². The minimum absolute atomic E-state index is 0.105. The lowest BCUT2D eigenvalue weighted by Crippen LogP contribution is -2.66.